The number of nitrogens with zero attached hydrogens (tertiary/aromatic N) is 5. The third kappa shape index (κ3) is 3.88. The minimum atomic E-state index is 0.103. The monoisotopic (exact) mass is 381 g/mol. The number of Topliss-reactive ketones (excluding diaryl/α,β-unsaturated/α-hetero) is 1. The Morgan fingerprint density at radius 2 is 1.96 bits per heavy atom. The van der Waals surface area contributed by atoms with E-state index >= 15 is 0 Å². The van der Waals surface area contributed by atoms with Crippen LogP contribution in [0.4, 0.5) is 0 Å². The molecule has 0 saturated carbocycles. The number of pyridine rings is 1. The highest BCUT2D eigenvalue weighted by atomic mass is 32.2. The molecule has 3 aromatic rings. The van der Waals surface area contributed by atoms with Crippen LogP contribution in [-0.2, 0) is 13.1 Å². The van der Waals surface area contributed by atoms with E-state index in [2.05, 4.69) is 33.3 Å². The van der Waals surface area contributed by atoms with Crippen LogP contribution in [0, 0.1) is 13.8 Å². The Balaban J connectivity index is 1.81. The zero-order chi connectivity index (χ0) is 19.4. The minimum Gasteiger partial charge on any atom is -0.349 e. The summed E-state index contributed by atoms with van der Waals surface area (Å²) in [6.45, 7) is 11.4. The van der Waals surface area contributed by atoms with Gasteiger partial charge in [0.2, 0.25) is 0 Å². The van der Waals surface area contributed by atoms with Gasteiger partial charge < -0.3 is 4.57 Å². The molecule has 0 saturated heterocycles. The lowest BCUT2D eigenvalue weighted by molar-refractivity contribution is 0.102. The first-order valence-electron chi connectivity index (χ1n) is 8.84. The molecular formula is C20H23N5OS. The normalized spacial score (nSPS) is 10.9. The second kappa shape index (κ2) is 8.35. The molecule has 27 heavy (non-hydrogen) atoms. The summed E-state index contributed by atoms with van der Waals surface area (Å²) >= 11 is 1.40. The quantitative estimate of drug-likeness (QED) is 0.336. The molecule has 0 atom stereocenters. The maximum atomic E-state index is 12.7. The van der Waals surface area contributed by atoms with Crippen molar-refractivity contribution in [1.29, 1.82) is 0 Å². The van der Waals surface area contributed by atoms with Gasteiger partial charge in [0, 0.05) is 48.0 Å². The number of carbonyl (C=O) groups excluding carboxylic acids is 1. The molecule has 0 N–H and O–H groups in total. The van der Waals surface area contributed by atoms with Crippen molar-refractivity contribution in [2.24, 2.45) is 0 Å². The molecule has 0 spiro atoms. The van der Waals surface area contributed by atoms with Crippen LogP contribution in [0.3, 0.4) is 0 Å². The van der Waals surface area contributed by atoms with E-state index < -0.39 is 0 Å². The Kier molecular flexibility index (Phi) is 5.91. The molecular weight excluding hydrogens is 358 g/mol. The molecule has 0 fully saturated rings. The number of carbonyl (C=O) groups is 1. The summed E-state index contributed by atoms with van der Waals surface area (Å²) in [5.74, 6) is 1.17. The first kappa shape index (κ1) is 19.1. The topological polar surface area (TPSA) is 65.6 Å². The molecule has 0 aromatic carbocycles. The van der Waals surface area contributed by atoms with Crippen molar-refractivity contribution in [1.82, 2.24) is 24.3 Å². The fourth-order valence-electron chi connectivity index (χ4n) is 3.18. The van der Waals surface area contributed by atoms with Gasteiger partial charge in [0.15, 0.2) is 16.8 Å². The van der Waals surface area contributed by atoms with Gasteiger partial charge in [0.1, 0.15) is 0 Å². The molecule has 0 aliphatic carbocycles. The fourth-order valence-corrected chi connectivity index (χ4v) is 4.01. The van der Waals surface area contributed by atoms with Crippen LogP contribution < -0.4 is 0 Å². The molecule has 0 aliphatic rings. The zero-order valence-electron chi connectivity index (χ0n) is 15.8. The Hall–Kier alpha value is -2.67. The van der Waals surface area contributed by atoms with Crippen LogP contribution in [0.2, 0.25) is 0 Å². The van der Waals surface area contributed by atoms with Gasteiger partial charge in [-0.25, -0.2) is 0 Å². The predicted octanol–water partition coefficient (Wildman–Crippen LogP) is 3.94. The van der Waals surface area contributed by atoms with E-state index in [1.165, 1.54) is 11.8 Å². The smallest absolute Gasteiger partial charge is 0.192 e. The average Bonchev–Trinajstić information content (AvgIpc) is 3.21. The summed E-state index contributed by atoms with van der Waals surface area (Å²) in [6.07, 6.45) is 5.25. The van der Waals surface area contributed by atoms with Gasteiger partial charge in [0.25, 0.3) is 0 Å². The molecule has 3 heterocycles. The summed E-state index contributed by atoms with van der Waals surface area (Å²) in [4.78, 5) is 16.8. The summed E-state index contributed by atoms with van der Waals surface area (Å²) < 4.78 is 4.12. The molecule has 0 aliphatic heterocycles. The molecule has 0 radical (unpaired) electrons. The Morgan fingerprint density at radius 1 is 1.22 bits per heavy atom. The van der Waals surface area contributed by atoms with Crippen LogP contribution in [0.5, 0.6) is 0 Å². The van der Waals surface area contributed by atoms with E-state index in [0.29, 0.717) is 17.5 Å². The van der Waals surface area contributed by atoms with Crippen LogP contribution in [0.15, 0.2) is 48.4 Å². The van der Waals surface area contributed by atoms with Gasteiger partial charge in [-0.1, -0.05) is 17.8 Å². The number of allylic oxidation sites excluding steroid dienone is 1. The molecule has 0 bridgehead atoms. The van der Waals surface area contributed by atoms with E-state index in [1.54, 1.807) is 18.5 Å². The molecule has 0 unspecified atom stereocenters. The summed E-state index contributed by atoms with van der Waals surface area (Å²) in [5.41, 5.74) is 3.85. The van der Waals surface area contributed by atoms with Gasteiger partial charge in [0.05, 0.1) is 5.75 Å². The average molecular weight is 382 g/mol. The first-order valence-corrected chi connectivity index (χ1v) is 9.82. The first-order chi connectivity index (χ1) is 13.1. The second-order valence-corrected chi connectivity index (χ2v) is 7.12. The maximum absolute atomic E-state index is 12.7. The minimum absolute atomic E-state index is 0.103. The number of aryl methyl sites for hydroxylation is 1. The number of rotatable bonds is 8. The number of thioether (sulfide) groups is 1. The van der Waals surface area contributed by atoms with Crippen molar-refractivity contribution < 1.29 is 4.79 Å². The lowest BCUT2D eigenvalue weighted by Gasteiger charge is -2.08. The highest BCUT2D eigenvalue weighted by Crippen LogP contribution is 2.25. The Labute approximate surface area is 163 Å². The highest BCUT2D eigenvalue weighted by Gasteiger charge is 2.18. The van der Waals surface area contributed by atoms with Gasteiger partial charge in [-0.3, -0.25) is 14.3 Å². The van der Waals surface area contributed by atoms with E-state index in [-0.39, 0.29) is 5.78 Å². The zero-order valence-corrected chi connectivity index (χ0v) is 16.7. The maximum Gasteiger partial charge on any atom is 0.192 e. The molecule has 6 nitrogen and oxygen atoms in total. The third-order valence-corrected chi connectivity index (χ3v) is 5.46. The van der Waals surface area contributed by atoms with Gasteiger partial charge >= 0.3 is 0 Å². The van der Waals surface area contributed by atoms with Crippen molar-refractivity contribution in [3.63, 3.8) is 0 Å². The highest BCUT2D eigenvalue weighted by molar-refractivity contribution is 7.99. The predicted molar refractivity (Wildman–Crippen MR) is 108 cm³/mol. The van der Waals surface area contributed by atoms with Gasteiger partial charge in [-0.05, 0) is 39.0 Å². The lowest BCUT2D eigenvalue weighted by Crippen LogP contribution is -2.07. The Morgan fingerprint density at radius 3 is 2.59 bits per heavy atom. The van der Waals surface area contributed by atoms with Crippen molar-refractivity contribution in [2.75, 3.05) is 5.75 Å². The SMILES string of the molecule is C=CCn1c(SCC(=O)c2cc(C)n(CC)c2C)nnc1-c1ccncc1. The van der Waals surface area contributed by atoms with Crippen LogP contribution in [0.25, 0.3) is 11.4 Å². The van der Waals surface area contributed by atoms with E-state index in [1.807, 2.05) is 36.6 Å². The van der Waals surface area contributed by atoms with E-state index in [9.17, 15) is 4.79 Å². The molecule has 3 rings (SSSR count). The molecule has 3 aromatic heterocycles. The van der Waals surface area contributed by atoms with Gasteiger partial charge in [-0.15, -0.1) is 16.8 Å². The summed E-state index contributed by atoms with van der Waals surface area (Å²) in [7, 11) is 0. The van der Waals surface area contributed by atoms with Crippen LogP contribution in [-0.4, -0.2) is 35.9 Å². The lowest BCUT2D eigenvalue weighted by atomic mass is 10.2. The second-order valence-electron chi connectivity index (χ2n) is 6.18. The van der Waals surface area contributed by atoms with E-state index in [4.69, 9.17) is 0 Å². The number of aromatic nitrogens is 5. The largest absolute Gasteiger partial charge is 0.349 e. The third-order valence-electron chi connectivity index (χ3n) is 4.49. The number of hydrogen-bond donors (Lipinski definition) is 0. The molecule has 7 heteroatoms. The fraction of sp³-hybridized carbons (Fsp3) is 0.300. The molecule has 0 amide bonds. The van der Waals surface area contributed by atoms with Crippen LogP contribution >= 0.6 is 11.8 Å². The number of ketones is 1. The standard InChI is InChI=1S/C20H23N5OS/c1-5-11-25-19(16-7-9-21-10-8-16)22-23-20(25)27-13-18(26)17-12-14(3)24(6-2)15(17)4/h5,7-10,12H,1,6,11,13H2,2-4H3. The van der Waals surface area contributed by atoms with Crippen molar-refractivity contribution >= 4 is 17.5 Å². The summed E-state index contributed by atoms with van der Waals surface area (Å²) in [5, 5.41) is 9.30. The van der Waals surface area contributed by atoms with Crippen molar-refractivity contribution in [2.45, 2.75) is 39.0 Å². The van der Waals surface area contributed by atoms with Crippen molar-refractivity contribution in [3.8, 4) is 11.4 Å². The number of hydrogen-bond acceptors (Lipinski definition) is 5. The van der Waals surface area contributed by atoms with Crippen molar-refractivity contribution in [3.05, 3.63) is 60.2 Å². The summed E-state index contributed by atoms with van der Waals surface area (Å²) in [6, 6.07) is 5.75. The Bertz CT molecular complexity index is 958. The van der Waals surface area contributed by atoms with E-state index in [0.717, 1.165) is 34.9 Å². The van der Waals surface area contributed by atoms with Crippen LogP contribution in [0.1, 0.15) is 28.7 Å². The van der Waals surface area contributed by atoms with Gasteiger partial charge in [-0.2, -0.15) is 0 Å². The molecule has 140 valence electrons.